The number of nitrogens with zero attached hydrogens (tertiary/aromatic N) is 1. The van der Waals surface area contributed by atoms with E-state index in [0.29, 0.717) is 12.2 Å². The van der Waals surface area contributed by atoms with Crippen molar-refractivity contribution in [1.29, 1.82) is 0 Å². The van der Waals surface area contributed by atoms with Gasteiger partial charge in [-0.3, -0.25) is 9.59 Å². The Labute approximate surface area is 150 Å². The maximum absolute atomic E-state index is 12.4. The summed E-state index contributed by atoms with van der Waals surface area (Å²) in [5.41, 5.74) is 3.46. The Morgan fingerprint density at radius 1 is 1.40 bits per heavy atom. The molecule has 0 saturated carbocycles. The number of aromatic nitrogens is 2. The maximum atomic E-state index is 12.4. The molecule has 2 N–H and O–H groups in total. The second-order valence-corrected chi connectivity index (χ2v) is 7.01. The van der Waals surface area contributed by atoms with Gasteiger partial charge in [-0.2, -0.15) is 5.10 Å². The number of aryl methyl sites for hydroxylation is 1. The summed E-state index contributed by atoms with van der Waals surface area (Å²) in [7, 11) is 0. The fourth-order valence-electron chi connectivity index (χ4n) is 3.26. The average molecular weight is 361 g/mol. The standard InChI is InChI=1S/C18H23N3O3S/c1-3-12-13(18(23)21-20-14(12)4-2)10-19-16(22)9-15-17-11(5-7-24-15)6-8-25-17/h6,8,15H,3-5,7,9-10H2,1-2H3,(H,19,22)(H,21,23). The Bertz CT molecular complexity index is 812. The van der Waals surface area contributed by atoms with E-state index in [-0.39, 0.29) is 30.5 Å². The van der Waals surface area contributed by atoms with Crippen molar-refractivity contribution in [3.05, 3.63) is 49.1 Å². The molecule has 25 heavy (non-hydrogen) atoms. The van der Waals surface area contributed by atoms with E-state index in [1.54, 1.807) is 11.3 Å². The Morgan fingerprint density at radius 3 is 3.00 bits per heavy atom. The van der Waals surface area contributed by atoms with Gasteiger partial charge >= 0.3 is 0 Å². The zero-order valence-electron chi connectivity index (χ0n) is 14.6. The number of hydrogen-bond donors (Lipinski definition) is 2. The van der Waals surface area contributed by atoms with Gasteiger partial charge in [0.25, 0.3) is 5.56 Å². The summed E-state index contributed by atoms with van der Waals surface area (Å²) >= 11 is 1.64. The van der Waals surface area contributed by atoms with E-state index < -0.39 is 0 Å². The average Bonchev–Trinajstić information content (AvgIpc) is 3.10. The van der Waals surface area contributed by atoms with Crippen molar-refractivity contribution in [3.8, 4) is 0 Å². The topological polar surface area (TPSA) is 84.1 Å². The van der Waals surface area contributed by atoms with Crippen LogP contribution in [0, 0.1) is 0 Å². The van der Waals surface area contributed by atoms with Gasteiger partial charge in [-0.1, -0.05) is 13.8 Å². The van der Waals surface area contributed by atoms with E-state index in [4.69, 9.17) is 4.74 Å². The number of ether oxygens (including phenoxy) is 1. The first-order valence-electron chi connectivity index (χ1n) is 8.67. The fraction of sp³-hybridized carbons (Fsp3) is 0.500. The second kappa shape index (κ2) is 7.93. The number of carbonyl (C=O) groups is 1. The molecule has 1 atom stereocenters. The summed E-state index contributed by atoms with van der Waals surface area (Å²) in [6.45, 7) is 4.86. The number of thiophene rings is 1. The number of aromatic amines is 1. The van der Waals surface area contributed by atoms with Crippen LogP contribution in [0.15, 0.2) is 16.2 Å². The predicted octanol–water partition coefficient (Wildman–Crippen LogP) is 2.28. The van der Waals surface area contributed by atoms with E-state index in [0.717, 1.165) is 35.4 Å². The highest BCUT2D eigenvalue weighted by molar-refractivity contribution is 7.10. The van der Waals surface area contributed by atoms with Crippen LogP contribution in [0.3, 0.4) is 0 Å². The van der Waals surface area contributed by atoms with Gasteiger partial charge in [-0.15, -0.1) is 11.3 Å². The molecular formula is C18H23N3O3S. The van der Waals surface area contributed by atoms with Gasteiger partial charge in [0.05, 0.1) is 18.7 Å². The molecule has 0 fully saturated rings. The van der Waals surface area contributed by atoms with Gasteiger partial charge in [0.15, 0.2) is 0 Å². The number of amides is 1. The zero-order valence-corrected chi connectivity index (χ0v) is 15.4. The predicted molar refractivity (Wildman–Crippen MR) is 96.8 cm³/mol. The summed E-state index contributed by atoms with van der Waals surface area (Å²) in [5, 5.41) is 11.5. The Balaban J connectivity index is 1.67. The molecule has 0 aromatic carbocycles. The number of rotatable bonds is 6. The fourth-order valence-corrected chi connectivity index (χ4v) is 4.27. The van der Waals surface area contributed by atoms with E-state index in [1.807, 2.05) is 19.2 Å². The smallest absolute Gasteiger partial charge is 0.269 e. The molecule has 0 bridgehead atoms. The summed E-state index contributed by atoms with van der Waals surface area (Å²) in [4.78, 5) is 25.6. The van der Waals surface area contributed by atoms with Gasteiger partial charge in [0, 0.05) is 17.0 Å². The van der Waals surface area contributed by atoms with Crippen LogP contribution in [-0.4, -0.2) is 22.7 Å². The molecule has 2 aromatic heterocycles. The largest absolute Gasteiger partial charge is 0.372 e. The minimum Gasteiger partial charge on any atom is -0.372 e. The maximum Gasteiger partial charge on any atom is 0.269 e. The molecular weight excluding hydrogens is 338 g/mol. The summed E-state index contributed by atoms with van der Waals surface area (Å²) in [6.07, 6.45) is 2.46. The van der Waals surface area contributed by atoms with E-state index in [9.17, 15) is 9.59 Å². The first-order chi connectivity index (χ1) is 12.1. The highest BCUT2D eigenvalue weighted by Gasteiger charge is 2.24. The van der Waals surface area contributed by atoms with Crippen LogP contribution < -0.4 is 10.9 Å². The third kappa shape index (κ3) is 3.82. The third-order valence-electron chi connectivity index (χ3n) is 4.56. The second-order valence-electron chi connectivity index (χ2n) is 6.06. The van der Waals surface area contributed by atoms with Crippen molar-refractivity contribution >= 4 is 17.2 Å². The van der Waals surface area contributed by atoms with Gasteiger partial charge in [0.1, 0.15) is 6.10 Å². The van der Waals surface area contributed by atoms with Crippen LogP contribution in [0.25, 0.3) is 0 Å². The number of H-pyrrole nitrogens is 1. The number of carbonyl (C=O) groups excluding carboxylic acids is 1. The van der Waals surface area contributed by atoms with Crippen LogP contribution in [0.1, 0.15) is 53.6 Å². The molecule has 134 valence electrons. The normalized spacial score (nSPS) is 16.5. The molecule has 0 radical (unpaired) electrons. The van der Waals surface area contributed by atoms with Crippen LogP contribution >= 0.6 is 11.3 Å². The minimum atomic E-state index is -0.233. The molecule has 3 rings (SSSR count). The van der Waals surface area contributed by atoms with Crippen molar-refractivity contribution < 1.29 is 9.53 Å². The lowest BCUT2D eigenvalue weighted by Gasteiger charge is -2.22. The lowest BCUT2D eigenvalue weighted by atomic mass is 10.0. The molecule has 0 spiro atoms. The van der Waals surface area contributed by atoms with Crippen LogP contribution in [-0.2, 0) is 35.3 Å². The van der Waals surface area contributed by atoms with E-state index in [1.165, 1.54) is 5.56 Å². The van der Waals surface area contributed by atoms with Crippen molar-refractivity contribution in [3.63, 3.8) is 0 Å². The number of fused-ring (bicyclic) bond motifs is 1. The first-order valence-corrected chi connectivity index (χ1v) is 9.55. The number of hydrogen-bond acceptors (Lipinski definition) is 5. The molecule has 2 aromatic rings. The third-order valence-corrected chi connectivity index (χ3v) is 5.62. The van der Waals surface area contributed by atoms with Crippen molar-refractivity contribution in [2.75, 3.05) is 6.61 Å². The van der Waals surface area contributed by atoms with E-state index >= 15 is 0 Å². The highest BCUT2D eigenvalue weighted by Crippen LogP contribution is 2.33. The van der Waals surface area contributed by atoms with Crippen LogP contribution in [0.2, 0.25) is 0 Å². The lowest BCUT2D eigenvalue weighted by molar-refractivity contribution is -0.124. The monoisotopic (exact) mass is 361 g/mol. The Kier molecular flexibility index (Phi) is 5.65. The van der Waals surface area contributed by atoms with Crippen LogP contribution in [0.5, 0.6) is 0 Å². The molecule has 6 nitrogen and oxygen atoms in total. The summed E-state index contributed by atoms with van der Waals surface area (Å²) < 4.78 is 5.76. The van der Waals surface area contributed by atoms with Gasteiger partial charge in [0.2, 0.25) is 5.91 Å². The molecule has 0 aliphatic carbocycles. The molecule has 1 aliphatic rings. The highest BCUT2D eigenvalue weighted by atomic mass is 32.1. The molecule has 7 heteroatoms. The van der Waals surface area contributed by atoms with Gasteiger partial charge in [-0.05, 0) is 41.8 Å². The molecule has 3 heterocycles. The van der Waals surface area contributed by atoms with Gasteiger partial charge < -0.3 is 10.1 Å². The molecule has 1 unspecified atom stereocenters. The summed E-state index contributed by atoms with van der Waals surface area (Å²) in [6, 6.07) is 2.10. The molecule has 0 saturated heterocycles. The molecule has 1 aliphatic heterocycles. The van der Waals surface area contributed by atoms with Crippen molar-refractivity contribution in [1.82, 2.24) is 15.5 Å². The lowest BCUT2D eigenvalue weighted by Crippen LogP contribution is -2.31. The molecule has 1 amide bonds. The van der Waals surface area contributed by atoms with Crippen molar-refractivity contribution in [2.24, 2.45) is 0 Å². The Hall–Kier alpha value is -1.99. The zero-order chi connectivity index (χ0) is 17.8. The van der Waals surface area contributed by atoms with Crippen molar-refractivity contribution in [2.45, 2.75) is 52.2 Å². The van der Waals surface area contributed by atoms with Crippen LogP contribution in [0.4, 0.5) is 0 Å². The van der Waals surface area contributed by atoms with E-state index in [2.05, 4.69) is 21.6 Å². The first kappa shape index (κ1) is 17.8. The SMILES string of the molecule is CCc1n[nH]c(=O)c(CNC(=O)CC2OCCc3ccsc32)c1CC. The number of nitrogens with one attached hydrogen (secondary N) is 2. The minimum absolute atomic E-state index is 0.109. The quantitative estimate of drug-likeness (QED) is 0.827. The summed E-state index contributed by atoms with van der Waals surface area (Å²) in [5.74, 6) is -0.109. The Morgan fingerprint density at radius 2 is 2.24 bits per heavy atom. The van der Waals surface area contributed by atoms with Gasteiger partial charge in [-0.25, -0.2) is 5.10 Å².